The van der Waals surface area contributed by atoms with Gasteiger partial charge in [0.2, 0.25) is 11.9 Å². The summed E-state index contributed by atoms with van der Waals surface area (Å²) in [6, 6.07) is 7.94. The number of para-hydroxylation sites is 2. The number of rotatable bonds is 6. The van der Waals surface area contributed by atoms with Crippen molar-refractivity contribution < 1.29 is 17.9 Å². The molecule has 0 spiro atoms. The van der Waals surface area contributed by atoms with E-state index < -0.39 is 11.9 Å². The van der Waals surface area contributed by atoms with E-state index in [1.807, 2.05) is 6.07 Å². The van der Waals surface area contributed by atoms with Gasteiger partial charge >= 0.3 is 6.18 Å². The fourth-order valence-electron chi connectivity index (χ4n) is 2.12. The molecule has 1 aromatic carbocycles. The molecule has 0 bridgehead atoms. The highest BCUT2D eigenvalue weighted by molar-refractivity contribution is 7.98. The molecular formula is C16H14F3N7OS. The molecule has 0 radical (unpaired) electrons. The topological polar surface area (TPSA) is 112 Å². The van der Waals surface area contributed by atoms with Crippen molar-refractivity contribution in [3.8, 4) is 5.75 Å². The molecule has 2 heterocycles. The van der Waals surface area contributed by atoms with Crippen LogP contribution in [0, 0.1) is 0 Å². The molecule has 12 heteroatoms. The molecule has 0 aliphatic rings. The first-order valence-electron chi connectivity index (χ1n) is 7.78. The molecule has 3 N–H and O–H groups in total. The van der Waals surface area contributed by atoms with Crippen LogP contribution >= 0.6 is 11.8 Å². The molecule has 28 heavy (non-hydrogen) atoms. The summed E-state index contributed by atoms with van der Waals surface area (Å²) in [6.45, 7) is 0. The second kappa shape index (κ2) is 8.25. The zero-order chi connectivity index (χ0) is 20.1. The average molecular weight is 409 g/mol. The average Bonchev–Trinajstić information content (AvgIpc) is 2.66. The van der Waals surface area contributed by atoms with Gasteiger partial charge in [-0.25, -0.2) is 9.97 Å². The predicted octanol–water partition coefficient (Wildman–Crippen LogP) is 3.31. The van der Waals surface area contributed by atoms with Gasteiger partial charge in [-0.15, -0.1) is 0 Å². The Balaban J connectivity index is 1.75. The Hall–Kier alpha value is -3.15. The summed E-state index contributed by atoms with van der Waals surface area (Å²) >= 11 is 0.952. The van der Waals surface area contributed by atoms with Crippen molar-refractivity contribution in [1.82, 2.24) is 24.9 Å². The minimum absolute atomic E-state index is 0.0343. The monoisotopic (exact) mass is 409 g/mol. The summed E-state index contributed by atoms with van der Waals surface area (Å²) < 4.78 is 43.5. The summed E-state index contributed by atoms with van der Waals surface area (Å²) in [5.41, 5.74) is 5.32. The number of hydrogen-bond donors (Lipinski definition) is 2. The Kier molecular flexibility index (Phi) is 5.78. The molecule has 146 valence electrons. The SMILES string of the molecule is COc1ccccc1Nc1nc(N)nc(CSc2nccc(C(F)(F)F)n2)n1. The lowest BCUT2D eigenvalue weighted by Crippen LogP contribution is -2.09. The van der Waals surface area contributed by atoms with E-state index in [2.05, 4.69) is 30.2 Å². The lowest BCUT2D eigenvalue weighted by atomic mass is 10.3. The normalized spacial score (nSPS) is 11.3. The first-order chi connectivity index (χ1) is 13.3. The van der Waals surface area contributed by atoms with E-state index in [9.17, 15) is 13.2 Å². The predicted molar refractivity (Wildman–Crippen MR) is 97.1 cm³/mol. The molecule has 0 aliphatic heterocycles. The minimum atomic E-state index is -4.54. The number of nitrogens with zero attached hydrogens (tertiary/aromatic N) is 5. The van der Waals surface area contributed by atoms with Crippen molar-refractivity contribution in [2.75, 3.05) is 18.2 Å². The standard InChI is InChI=1S/C16H14F3N7OS/c1-27-10-5-3-2-4-9(10)22-14-25-12(24-13(20)26-14)8-28-15-21-7-6-11(23-15)16(17,18)19/h2-7H,8H2,1H3,(H3,20,22,24,25,26). The van der Waals surface area contributed by atoms with Crippen LogP contribution in [0.5, 0.6) is 5.75 Å². The van der Waals surface area contributed by atoms with Crippen LogP contribution in [0.15, 0.2) is 41.7 Å². The number of nitrogens with two attached hydrogens (primary N) is 1. The van der Waals surface area contributed by atoms with E-state index in [-0.39, 0.29) is 28.6 Å². The maximum absolute atomic E-state index is 12.7. The third-order valence-corrected chi connectivity index (χ3v) is 4.16. The van der Waals surface area contributed by atoms with Gasteiger partial charge in [-0.2, -0.15) is 28.1 Å². The highest BCUT2D eigenvalue weighted by Crippen LogP contribution is 2.29. The van der Waals surface area contributed by atoms with Crippen molar-refractivity contribution in [3.05, 3.63) is 48.0 Å². The smallest absolute Gasteiger partial charge is 0.433 e. The van der Waals surface area contributed by atoms with Crippen LogP contribution in [0.1, 0.15) is 11.5 Å². The van der Waals surface area contributed by atoms with Crippen molar-refractivity contribution in [1.29, 1.82) is 0 Å². The zero-order valence-electron chi connectivity index (χ0n) is 14.4. The van der Waals surface area contributed by atoms with Crippen LogP contribution in [-0.2, 0) is 11.9 Å². The number of aromatic nitrogens is 5. The summed E-state index contributed by atoms with van der Waals surface area (Å²) in [4.78, 5) is 19.5. The minimum Gasteiger partial charge on any atom is -0.495 e. The number of benzene rings is 1. The van der Waals surface area contributed by atoms with Gasteiger partial charge < -0.3 is 15.8 Å². The van der Waals surface area contributed by atoms with E-state index in [1.54, 1.807) is 18.2 Å². The lowest BCUT2D eigenvalue weighted by Gasteiger charge is -2.10. The van der Waals surface area contributed by atoms with E-state index >= 15 is 0 Å². The molecule has 0 amide bonds. The second-order valence-electron chi connectivity index (χ2n) is 5.27. The second-order valence-corrected chi connectivity index (χ2v) is 6.21. The van der Waals surface area contributed by atoms with Gasteiger partial charge in [0.1, 0.15) is 17.3 Å². The van der Waals surface area contributed by atoms with Gasteiger partial charge in [0, 0.05) is 6.20 Å². The Bertz CT molecular complexity index is 971. The fourth-order valence-corrected chi connectivity index (χ4v) is 2.81. The van der Waals surface area contributed by atoms with Gasteiger partial charge in [-0.1, -0.05) is 23.9 Å². The Labute approximate surface area is 161 Å². The van der Waals surface area contributed by atoms with Crippen molar-refractivity contribution in [2.24, 2.45) is 0 Å². The van der Waals surface area contributed by atoms with E-state index in [1.165, 1.54) is 7.11 Å². The number of anilines is 3. The van der Waals surface area contributed by atoms with Crippen molar-refractivity contribution >= 4 is 29.3 Å². The van der Waals surface area contributed by atoms with Crippen LogP contribution in [0.4, 0.5) is 30.8 Å². The summed E-state index contributed by atoms with van der Waals surface area (Å²) in [5.74, 6) is 1.09. The van der Waals surface area contributed by atoms with E-state index in [4.69, 9.17) is 10.5 Å². The maximum atomic E-state index is 12.7. The van der Waals surface area contributed by atoms with Crippen LogP contribution in [0.25, 0.3) is 0 Å². The zero-order valence-corrected chi connectivity index (χ0v) is 15.3. The third-order valence-electron chi connectivity index (χ3n) is 3.31. The molecule has 2 aromatic heterocycles. The van der Waals surface area contributed by atoms with Crippen LogP contribution < -0.4 is 15.8 Å². The highest BCUT2D eigenvalue weighted by Gasteiger charge is 2.32. The number of methoxy groups -OCH3 is 1. The fraction of sp³-hybridized carbons (Fsp3) is 0.188. The number of nitrogens with one attached hydrogen (secondary N) is 1. The largest absolute Gasteiger partial charge is 0.495 e. The highest BCUT2D eigenvalue weighted by atomic mass is 32.2. The van der Waals surface area contributed by atoms with Gasteiger partial charge in [0.05, 0.1) is 18.6 Å². The Morgan fingerprint density at radius 2 is 1.89 bits per heavy atom. The van der Waals surface area contributed by atoms with E-state index in [0.717, 1.165) is 24.0 Å². The molecule has 8 nitrogen and oxygen atoms in total. The van der Waals surface area contributed by atoms with Crippen LogP contribution in [-0.4, -0.2) is 32.0 Å². The summed E-state index contributed by atoms with van der Waals surface area (Å²) in [7, 11) is 1.53. The first-order valence-corrected chi connectivity index (χ1v) is 8.77. The maximum Gasteiger partial charge on any atom is 0.433 e. The number of thioether (sulfide) groups is 1. The molecule has 3 aromatic rings. The van der Waals surface area contributed by atoms with Crippen molar-refractivity contribution in [2.45, 2.75) is 17.1 Å². The van der Waals surface area contributed by atoms with E-state index in [0.29, 0.717) is 11.4 Å². The Morgan fingerprint density at radius 1 is 1.11 bits per heavy atom. The Morgan fingerprint density at radius 3 is 2.64 bits per heavy atom. The molecule has 0 saturated heterocycles. The number of halogens is 3. The summed E-state index contributed by atoms with van der Waals surface area (Å²) in [5, 5.41) is 2.93. The molecular weight excluding hydrogens is 395 g/mol. The van der Waals surface area contributed by atoms with Gasteiger partial charge in [0.25, 0.3) is 0 Å². The van der Waals surface area contributed by atoms with Gasteiger partial charge in [0.15, 0.2) is 5.16 Å². The number of hydrogen-bond acceptors (Lipinski definition) is 9. The molecule has 0 unspecified atom stereocenters. The number of nitrogen functional groups attached to an aromatic ring is 1. The van der Waals surface area contributed by atoms with Gasteiger partial charge in [-0.05, 0) is 18.2 Å². The van der Waals surface area contributed by atoms with Crippen LogP contribution in [0.3, 0.4) is 0 Å². The van der Waals surface area contributed by atoms with Gasteiger partial charge in [-0.3, -0.25) is 0 Å². The molecule has 3 rings (SSSR count). The van der Waals surface area contributed by atoms with Crippen LogP contribution in [0.2, 0.25) is 0 Å². The third kappa shape index (κ3) is 4.97. The molecule has 0 aliphatic carbocycles. The first kappa shape index (κ1) is 19.6. The molecule has 0 atom stereocenters. The molecule has 0 saturated carbocycles. The molecule has 0 fully saturated rings. The summed E-state index contributed by atoms with van der Waals surface area (Å²) in [6.07, 6.45) is -3.49. The quantitative estimate of drug-likeness (QED) is 0.468. The number of alkyl halides is 3. The van der Waals surface area contributed by atoms with Crippen molar-refractivity contribution in [3.63, 3.8) is 0 Å². The lowest BCUT2D eigenvalue weighted by molar-refractivity contribution is -0.141. The number of ether oxygens (including phenoxy) is 1.